The standard InChI is InChI=1S/C16H34N2/c1-13(2)11-14(12-18(5)6)17-15-9-7-8-10-16(15,3)4/h13-15,17H,7-12H2,1-6H3. The molecule has 1 fully saturated rings. The minimum Gasteiger partial charge on any atom is -0.309 e. The first-order valence-corrected chi connectivity index (χ1v) is 7.72. The van der Waals surface area contributed by atoms with E-state index < -0.39 is 0 Å². The van der Waals surface area contributed by atoms with Gasteiger partial charge in [-0.1, -0.05) is 40.5 Å². The summed E-state index contributed by atoms with van der Waals surface area (Å²) in [6.07, 6.45) is 6.83. The van der Waals surface area contributed by atoms with E-state index in [0.29, 0.717) is 17.5 Å². The fourth-order valence-corrected chi connectivity index (χ4v) is 3.29. The van der Waals surface area contributed by atoms with E-state index in [0.717, 1.165) is 12.5 Å². The van der Waals surface area contributed by atoms with Gasteiger partial charge >= 0.3 is 0 Å². The van der Waals surface area contributed by atoms with Crippen molar-refractivity contribution in [2.75, 3.05) is 20.6 Å². The van der Waals surface area contributed by atoms with Crippen molar-refractivity contribution in [2.45, 2.75) is 71.9 Å². The molecule has 108 valence electrons. The molecule has 0 amide bonds. The first-order valence-electron chi connectivity index (χ1n) is 7.72. The largest absolute Gasteiger partial charge is 0.309 e. The highest BCUT2D eigenvalue weighted by Crippen LogP contribution is 2.35. The van der Waals surface area contributed by atoms with Gasteiger partial charge in [-0.3, -0.25) is 0 Å². The molecular formula is C16H34N2. The van der Waals surface area contributed by atoms with Crippen LogP contribution >= 0.6 is 0 Å². The summed E-state index contributed by atoms with van der Waals surface area (Å²) in [5.74, 6) is 0.772. The maximum atomic E-state index is 3.97. The molecule has 2 nitrogen and oxygen atoms in total. The van der Waals surface area contributed by atoms with E-state index in [2.05, 4.69) is 52.0 Å². The molecule has 1 aliphatic rings. The van der Waals surface area contributed by atoms with Crippen LogP contribution in [0.25, 0.3) is 0 Å². The van der Waals surface area contributed by atoms with Crippen LogP contribution in [0.4, 0.5) is 0 Å². The molecule has 0 heterocycles. The van der Waals surface area contributed by atoms with Gasteiger partial charge in [0.15, 0.2) is 0 Å². The van der Waals surface area contributed by atoms with Gasteiger partial charge in [0, 0.05) is 18.6 Å². The maximum Gasteiger partial charge on any atom is 0.0200 e. The summed E-state index contributed by atoms with van der Waals surface area (Å²) in [7, 11) is 4.36. The van der Waals surface area contributed by atoms with Gasteiger partial charge < -0.3 is 10.2 Å². The van der Waals surface area contributed by atoms with Crippen molar-refractivity contribution in [1.29, 1.82) is 0 Å². The van der Waals surface area contributed by atoms with Crippen molar-refractivity contribution in [3.8, 4) is 0 Å². The molecule has 2 unspecified atom stereocenters. The molecule has 1 saturated carbocycles. The molecule has 2 heteroatoms. The molecule has 0 aromatic rings. The van der Waals surface area contributed by atoms with Crippen molar-refractivity contribution in [2.24, 2.45) is 11.3 Å². The number of nitrogens with zero attached hydrogens (tertiary/aromatic N) is 1. The SMILES string of the molecule is CC(C)CC(CN(C)C)NC1CCCCC1(C)C. The highest BCUT2D eigenvalue weighted by atomic mass is 15.1. The van der Waals surface area contributed by atoms with Gasteiger partial charge in [-0.05, 0) is 44.7 Å². The van der Waals surface area contributed by atoms with E-state index >= 15 is 0 Å². The molecule has 0 aliphatic heterocycles. The average Bonchev–Trinajstić information content (AvgIpc) is 2.19. The topological polar surface area (TPSA) is 15.3 Å². The minimum absolute atomic E-state index is 0.472. The Kier molecular flexibility index (Phi) is 6.13. The Morgan fingerprint density at radius 1 is 1.22 bits per heavy atom. The van der Waals surface area contributed by atoms with Gasteiger partial charge in [-0.15, -0.1) is 0 Å². The molecule has 0 saturated heterocycles. The summed E-state index contributed by atoms with van der Waals surface area (Å²) in [5.41, 5.74) is 0.472. The minimum atomic E-state index is 0.472. The zero-order valence-electron chi connectivity index (χ0n) is 13.4. The maximum absolute atomic E-state index is 3.97. The second-order valence-electron chi connectivity index (χ2n) is 7.54. The van der Waals surface area contributed by atoms with Gasteiger partial charge in [0.1, 0.15) is 0 Å². The number of rotatable bonds is 6. The van der Waals surface area contributed by atoms with Crippen LogP contribution in [0.15, 0.2) is 0 Å². The third-order valence-electron chi connectivity index (χ3n) is 4.29. The van der Waals surface area contributed by atoms with E-state index in [-0.39, 0.29) is 0 Å². The van der Waals surface area contributed by atoms with Gasteiger partial charge in [0.25, 0.3) is 0 Å². The van der Waals surface area contributed by atoms with Crippen molar-refractivity contribution >= 4 is 0 Å². The highest BCUT2D eigenvalue weighted by molar-refractivity contribution is 4.90. The van der Waals surface area contributed by atoms with Gasteiger partial charge in [0.2, 0.25) is 0 Å². The summed E-state index contributed by atoms with van der Waals surface area (Å²) >= 11 is 0. The average molecular weight is 254 g/mol. The zero-order chi connectivity index (χ0) is 13.8. The van der Waals surface area contributed by atoms with Crippen LogP contribution in [-0.2, 0) is 0 Å². The lowest BCUT2D eigenvalue weighted by atomic mass is 9.73. The molecule has 2 atom stereocenters. The van der Waals surface area contributed by atoms with Crippen LogP contribution in [0, 0.1) is 11.3 Å². The summed E-state index contributed by atoms with van der Waals surface area (Å²) in [6, 6.07) is 1.34. The van der Waals surface area contributed by atoms with E-state index in [1.807, 2.05) is 0 Å². The Morgan fingerprint density at radius 3 is 2.39 bits per heavy atom. The number of likely N-dealkylation sites (N-methyl/N-ethyl adjacent to an activating group) is 1. The molecule has 1 rings (SSSR count). The molecular weight excluding hydrogens is 220 g/mol. The predicted octanol–water partition coefficient (Wildman–Crippen LogP) is 3.52. The molecule has 0 aromatic heterocycles. The highest BCUT2D eigenvalue weighted by Gasteiger charge is 2.33. The fraction of sp³-hybridized carbons (Fsp3) is 1.00. The summed E-state index contributed by atoms with van der Waals surface area (Å²) < 4.78 is 0. The summed E-state index contributed by atoms with van der Waals surface area (Å²) in [5, 5.41) is 3.97. The second-order valence-corrected chi connectivity index (χ2v) is 7.54. The first-order chi connectivity index (χ1) is 8.31. The second kappa shape index (κ2) is 6.91. The summed E-state index contributed by atoms with van der Waals surface area (Å²) in [4.78, 5) is 2.32. The first kappa shape index (κ1) is 16.0. The molecule has 0 radical (unpaired) electrons. The Balaban J connectivity index is 2.57. The van der Waals surface area contributed by atoms with E-state index in [1.54, 1.807) is 0 Å². The van der Waals surface area contributed by atoms with Crippen molar-refractivity contribution in [1.82, 2.24) is 10.2 Å². The van der Waals surface area contributed by atoms with Crippen LogP contribution in [0.2, 0.25) is 0 Å². The Bertz CT molecular complexity index is 223. The molecule has 0 bridgehead atoms. The molecule has 18 heavy (non-hydrogen) atoms. The van der Waals surface area contributed by atoms with Crippen LogP contribution in [-0.4, -0.2) is 37.6 Å². The van der Waals surface area contributed by atoms with Gasteiger partial charge in [-0.2, -0.15) is 0 Å². The summed E-state index contributed by atoms with van der Waals surface area (Å²) in [6.45, 7) is 10.7. The van der Waals surface area contributed by atoms with Crippen LogP contribution in [0.3, 0.4) is 0 Å². The van der Waals surface area contributed by atoms with Crippen molar-refractivity contribution in [3.63, 3.8) is 0 Å². The molecule has 1 aliphatic carbocycles. The number of hydrogen-bond acceptors (Lipinski definition) is 2. The fourth-order valence-electron chi connectivity index (χ4n) is 3.29. The lowest BCUT2D eigenvalue weighted by molar-refractivity contribution is 0.142. The monoisotopic (exact) mass is 254 g/mol. The lowest BCUT2D eigenvalue weighted by Gasteiger charge is -2.42. The molecule has 0 aromatic carbocycles. The number of nitrogens with one attached hydrogen (secondary N) is 1. The van der Waals surface area contributed by atoms with Crippen molar-refractivity contribution in [3.05, 3.63) is 0 Å². The molecule has 0 spiro atoms. The number of hydrogen-bond donors (Lipinski definition) is 1. The normalized spacial score (nSPS) is 25.7. The Labute approximate surface area is 115 Å². The predicted molar refractivity (Wildman–Crippen MR) is 81.0 cm³/mol. The molecule has 1 N–H and O–H groups in total. The van der Waals surface area contributed by atoms with Crippen LogP contribution in [0.5, 0.6) is 0 Å². The van der Waals surface area contributed by atoms with Crippen LogP contribution in [0.1, 0.15) is 59.8 Å². The third kappa shape index (κ3) is 5.27. The Hall–Kier alpha value is -0.0800. The smallest absolute Gasteiger partial charge is 0.0200 e. The van der Waals surface area contributed by atoms with Gasteiger partial charge in [-0.25, -0.2) is 0 Å². The Morgan fingerprint density at radius 2 is 1.89 bits per heavy atom. The van der Waals surface area contributed by atoms with E-state index in [4.69, 9.17) is 0 Å². The lowest BCUT2D eigenvalue weighted by Crippen LogP contribution is -2.51. The van der Waals surface area contributed by atoms with E-state index in [1.165, 1.54) is 32.1 Å². The third-order valence-corrected chi connectivity index (χ3v) is 4.29. The quantitative estimate of drug-likeness (QED) is 0.780. The zero-order valence-corrected chi connectivity index (χ0v) is 13.4. The van der Waals surface area contributed by atoms with E-state index in [9.17, 15) is 0 Å². The van der Waals surface area contributed by atoms with Crippen LogP contribution < -0.4 is 5.32 Å². The van der Waals surface area contributed by atoms with Gasteiger partial charge in [0.05, 0.1) is 0 Å². The van der Waals surface area contributed by atoms with Crippen molar-refractivity contribution < 1.29 is 0 Å².